The highest BCUT2D eigenvalue weighted by Gasteiger charge is 2.13. The zero-order chi connectivity index (χ0) is 26.8. The monoisotopic (exact) mass is 493 g/mol. The number of amides is 1. The molecule has 0 heterocycles. The third-order valence-electron chi connectivity index (χ3n) is 4.12. The summed E-state index contributed by atoms with van der Waals surface area (Å²) in [5.74, 6) is -3.50. The van der Waals surface area contributed by atoms with Crippen LogP contribution in [0, 0.1) is 0 Å². The van der Waals surface area contributed by atoms with Gasteiger partial charge in [-0.05, 0) is 49.2 Å². The lowest BCUT2D eigenvalue weighted by molar-refractivity contribution is -0.146. The number of aliphatic hydroxyl groups is 1. The second-order valence-corrected chi connectivity index (χ2v) is 7.04. The van der Waals surface area contributed by atoms with Crippen LogP contribution in [-0.4, -0.2) is 74.6 Å². The molecule has 12 nitrogen and oxygen atoms in total. The van der Waals surface area contributed by atoms with Crippen molar-refractivity contribution in [2.24, 2.45) is 11.5 Å². The average molecular weight is 494 g/mol. The normalized spacial score (nSPS) is 11.4. The van der Waals surface area contributed by atoms with Crippen LogP contribution >= 0.6 is 0 Å². The summed E-state index contributed by atoms with van der Waals surface area (Å²) in [5.41, 5.74) is 11.4. The van der Waals surface area contributed by atoms with E-state index in [1.807, 2.05) is 0 Å². The Balaban J connectivity index is 0.000000506. The molecule has 0 aliphatic rings. The Hall–Kier alpha value is -4.00. The molecule has 0 aliphatic carbocycles. The molecule has 35 heavy (non-hydrogen) atoms. The molecule has 1 amide bonds. The van der Waals surface area contributed by atoms with Gasteiger partial charge in [0.05, 0.1) is 0 Å². The number of aliphatic carboxylic acids is 3. The number of carbonyl (C=O) groups excluding carboxylic acids is 1. The molecule has 0 aliphatic heterocycles. The average Bonchev–Trinajstić information content (AvgIpc) is 2.83. The zero-order valence-electron chi connectivity index (χ0n) is 18.9. The van der Waals surface area contributed by atoms with E-state index in [9.17, 15) is 19.2 Å². The van der Waals surface area contributed by atoms with Crippen LogP contribution < -0.4 is 16.8 Å². The fourth-order valence-electron chi connectivity index (χ4n) is 2.25. The van der Waals surface area contributed by atoms with Crippen LogP contribution in [0.25, 0.3) is 0 Å². The molecule has 2 atom stereocenters. The molecule has 0 radical (unpaired) electrons. The van der Waals surface area contributed by atoms with Gasteiger partial charge in [-0.3, -0.25) is 14.4 Å². The van der Waals surface area contributed by atoms with Gasteiger partial charge < -0.3 is 42.3 Å². The van der Waals surface area contributed by atoms with E-state index < -0.39 is 30.1 Å². The van der Waals surface area contributed by atoms with Crippen LogP contribution in [0.1, 0.15) is 28.8 Å². The maximum Gasteiger partial charge on any atom is 0.332 e. The molecular weight excluding hydrogens is 462 g/mol. The molecule has 0 fully saturated rings. The van der Waals surface area contributed by atoms with Gasteiger partial charge in [0.25, 0.3) is 5.91 Å². The summed E-state index contributed by atoms with van der Waals surface area (Å²) in [6.07, 6.45) is -0.195. The number of benzene rings is 2. The fraction of sp³-hybridized carbons (Fsp3) is 0.304. The smallest absolute Gasteiger partial charge is 0.332 e. The Morgan fingerprint density at radius 1 is 0.886 bits per heavy atom. The van der Waals surface area contributed by atoms with E-state index in [2.05, 4.69) is 5.32 Å². The first-order valence-electron chi connectivity index (χ1n) is 10.4. The van der Waals surface area contributed by atoms with E-state index in [0.717, 1.165) is 0 Å². The quantitative estimate of drug-likeness (QED) is 0.220. The highest BCUT2D eigenvalue weighted by atomic mass is 16.4. The number of hydrogen-bond donors (Lipinski definition) is 8. The standard InChI is InChI=1S/C9H9NO3.C9H10O4.C5H12N2O2/c11-8(12)6-10-9(13)7-4-2-1-3-5-7;10-7-3-1-6(2-4-7)5-8(11)9(12)13;6-3-1-2-4(7)5(8)9/h1-5H,6H2,(H,10,13)(H,11,12);1-4,8,10-11H,5H2,(H,12,13);4H,1-3,6-7H2,(H,8,9)/t;;4-/m..0/s1. The number of carbonyl (C=O) groups is 4. The van der Waals surface area contributed by atoms with Crippen molar-refractivity contribution in [2.75, 3.05) is 13.1 Å². The molecule has 0 aromatic heterocycles. The van der Waals surface area contributed by atoms with Crippen molar-refractivity contribution in [1.29, 1.82) is 0 Å². The van der Waals surface area contributed by atoms with Crippen LogP contribution in [0.5, 0.6) is 5.75 Å². The van der Waals surface area contributed by atoms with Crippen LogP contribution in [-0.2, 0) is 20.8 Å². The van der Waals surface area contributed by atoms with E-state index in [4.69, 9.17) is 37.0 Å². The van der Waals surface area contributed by atoms with Gasteiger partial charge in [0.1, 0.15) is 18.3 Å². The first-order chi connectivity index (χ1) is 16.5. The van der Waals surface area contributed by atoms with Crippen molar-refractivity contribution < 1.29 is 44.7 Å². The molecule has 2 rings (SSSR count). The van der Waals surface area contributed by atoms with Gasteiger partial charge in [0, 0.05) is 12.0 Å². The zero-order valence-corrected chi connectivity index (χ0v) is 18.9. The summed E-state index contributed by atoms with van der Waals surface area (Å²) in [5, 5.41) is 45.1. The van der Waals surface area contributed by atoms with E-state index in [-0.39, 0.29) is 24.6 Å². The number of aliphatic hydroxyl groups excluding tert-OH is 1. The number of carboxylic acid groups (broad SMARTS) is 3. The lowest BCUT2D eigenvalue weighted by Gasteiger charge is -2.04. The van der Waals surface area contributed by atoms with Gasteiger partial charge in [0.15, 0.2) is 6.10 Å². The molecule has 0 saturated carbocycles. The number of phenols is 1. The van der Waals surface area contributed by atoms with Crippen molar-refractivity contribution in [2.45, 2.75) is 31.4 Å². The molecular formula is C23H31N3O9. The largest absolute Gasteiger partial charge is 0.508 e. The summed E-state index contributed by atoms with van der Waals surface area (Å²) < 4.78 is 0. The van der Waals surface area contributed by atoms with Crippen LogP contribution in [0.2, 0.25) is 0 Å². The van der Waals surface area contributed by atoms with E-state index in [0.29, 0.717) is 30.5 Å². The van der Waals surface area contributed by atoms with Crippen LogP contribution in [0.3, 0.4) is 0 Å². The van der Waals surface area contributed by atoms with E-state index in [1.165, 1.54) is 12.1 Å². The summed E-state index contributed by atoms with van der Waals surface area (Å²) in [4.78, 5) is 41.6. The van der Waals surface area contributed by atoms with Crippen molar-refractivity contribution in [3.05, 3.63) is 65.7 Å². The molecule has 0 saturated heterocycles. The first kappa shape index (κ1) is 31.0. The minimum Gasteiger partial charge on any atom is -0.508 e. The van der Waals surface area contributed by atoms with E-state index in [1.54, 1.807) is 42.5 Å². The molecule has 2 aromatic carbocycles. The third-order valence-corrected chi connectivity index (χ3v) is 4.12. The maximum absolute atomic E-state index is 11.2. The molecule has 12 heteroatoms. The van der Waals surface area contributed by atoms with Gasteiger partial charge in [-0.15, -0.1) is 0 Å². The van der Waals surface area contributed by atoms with E-state index >= 15 is 0 Å². The Morgan fingerprint density at radius 2 is 1.46 bits per heavy atom. The summed E-state index contributed by atoms with van der Waals surface area (Å²) in [6.45, 7) is 0.148. The highest BCUT2D eigenvalue weighted by molar-refractivity contribution is 5.95. The summed E-state index contributed by atoms with van der Waals surface area (Å²) >= 11 is 0. The fourth-order valence-corrected chi connectivity index (χ4v) is 2.25. The van der Waals surface area contributed by atoms with Crippen LogP contribution in [0.15, 0.2) is 54.6 Å². The molecule has 192 valence electrons. The van der Waals surface area contributed by atoms with Gasteiger partial charge in [-0.25, -0.2) is 4.79 Å². The van der Waals surface area contributed by atoms with Gasteiger partial charge in [-0.2, -0.15) is 0 Å². The highest BCUT2D eigenvalue weighted by Crippen LogP contribution is 2.11. The van der Waals surface area contributed by atoms with Gasteiger partial charge in [0.2, 0.25) is 0 Å². The maximum atomic E-state index is 11.2. The molecule has 1 unspecified atom stereocenters. The molecule has 10 N–H and O–H groups in total. The van der Waals surface area contributed by atoms with Crippen molar-refractivity contribution in [1.82, 2.24) is 5.32 Å². The second kappa shape index (κ2) is 17.5. The lowest BCUT2D eigenvalue weighted by Crippen LogP contribution is -2.30. The van der Waals surface area contributed by atoms with Crippen molar-refractivity contribution in [3.63, 3.8) is 0 Å². The van der Waals surface area contributed by atoms with Crippen molar-refractivity contribution in [3.8, 4) is 5.75 Å². The minimum absolute atomic E-state index is 0.0512. The number of aromatic hydroxyl groups is 1. The lowest BCUT2D eigenvalue weighted by atomic mass is 10.1. The predicted molar refractivity (Wildman–Crippen MR) is 126 cm³/mol. The Bertz CT molecular complexity index is 922. The third kappa shape index (κ3) is 15.5. The number of phenolic OH excluding ortho intramolecular Hbond substituents is 1. The Kier molecular flexibility index (Phi) is 15.5. The van der Waals surface area contributed by atoms with Crippen LogP contribution in [0.4, 0.5) is 0 Å². The minimum atomic E-state index is -1.38. The Morgan fingerprint density at radius 3 is 1.91 bits per heavy atom. The number of nitrogens with one attached hydrogen (secondary N) is 1. The van der Waals surface area contributed by atoms with Crippen molar-refractivity contribution >= 4 is 23.8 Å². The summed E-state index contributed by atoms with van der Waals surface area (Å²) in [7, 11) is 0. The number of nitrogens with two attached hydrogens (primary N) is 2. The molecule has 0 spiro atoms. The molecule has 2 aromatic rings. The van der Waals surface area contributed by atoms with Gasteiger partial charge >= 0.3 is 17.9 Å². The van der Waals surface area contributed by atoms with Gasteiger partial charge in [-0.1, -0.05) is 30.3 Å². The first-order valence-corrected chi connectivity index (χ1v) is 10.4. The second-order valence-electron chi connectivity index (χ2n) is 7.04. The number of rotatable bonds is 10. The number of carboxylic acids is 3. The SMILES string of the molecule is NCCC[C@H](N)C(=O)O.O=C(O)C(O)Cc1ccc(O)cc1.O=C(O)CNC(=O)c1ccccc1. The topological polar surface area (TPSA) is 233 Å². The predicted octanol–water partition coefficient (Wildman–Crippen LogP) is 0.0184. The summed E-state index contributed by atoms with van der Waals surface area (Å²) in [6, 6.07) is 13.8. The molecule has 0 bridgehead atoms. The number of hydrogen-bond acceptors (Lipinski definition) is 8. The Labute approximate surface area is 201 Å².